The quantitative estimate of drug-likeness (QED) is 0.139. The molecule has 53 heavy (non-hydrogen) atoms. The Kier molecular flexibility index (Phi) is 6.60. The number of phenols is 1. The van der Waals surface area contributed by atoms with Crippen LogP contribution in [0.4, 0.5) is 22.7 Å². The second-order valence-electron chi connectivity index (χ2n) is 12.6. The summed E-state index contributed by atoms with van der Waals surface area (Å²) in [6.45, 7) is 1.28. The fraction of sp³-hybridized carbons (Fsp3) is 0.171. The van der Waals surface area contributed by atoms with E-state index < -0.39 is 41.5 Å². The number of nitroso groups, excluding NO2 is 4. The number of rotatable bonds is 7. The fourth-order valence-corrected chi connectivity index (χ4v) is 7.67. The predicted molar refractivity (Wildman–Crippen MR) is 183 cm³/mol. The lowest BCUT2D eigenvalue weighted by Gasteiger charge is -2.36. The standard InChI is InChI=1S/C35H19N7O11/c1-2-35(19-9-24-29-14(5-13-6-16(43)3-4-20(13)36-29)11-42(24)32(44)18(19)12-51-34(35)46)52-33(45)31-27-23(40-50)10-22(39-49)26-25-17(30(28(26)27)41-53-31)7-15(37-47)8-21(25)38-48/h3-10,31,43H,2,11-12H2,1H3/t31-,35+/m1/s1. The predicted octanol–water partition coefficient (Wildman–Crippen LogP) is 6.43. The van der Waals surface area contributed by atoms with Gasteiger partial charge in [0, 0.05) is 44.3 Å². The molecule has 5 heterocycles. The second-order valence-corrected chi connectivity index (χ2v) is 12.6. The van der Waals surface area contributed by atoms with Crippen LogP contribution in [-0.2, 0) is 42.7 Å². The van der Waals surface area contributed by atoms with E-state index in [9.17, 15) is 39.1 Å². The third kappa shape index (κ3) is 4.16. The summed E-state index contributed by atoms with van der Waals surface area (Å²) in [4.78, 5) is 100.0. The van der Waals surface area contributed by atoms with E-state index in [0.717, 1.165) is 12.1 Å². The lowest BCUT2D eigenvalue weighted by Crippen LogP contribution is -2.48. The van der Waals surface area contributed by atoms with Gasteiger partial charge in [0.25, 0.3) is 11.7 Å². The lowest BCUT2D eigenvalue weighted by molar-refractivity contribution is -0.196. The van der Waals surface area contributed by atoms with Gasteiger partial charge in [0.1, 0.15) is 40.8 Å². The van der Waals surface area contributed by atoms with Gasteiger partial charge in [0.05, 0.1) is 29.0 Å². The van der Waals surface area contributed by atoms with Crippen molar-refractivity contribution in [3.05, 3.63) is 112 Å². The normalized spacial score (nSPS) is 18.3. The maximum atomic E-state index is 14.3. The Bertz CT molecular complexity index is 2720. The van der Waals surface area contributed by atoms with Crippen LogP contribution in [-0.4, -0.2) is 32.3 Å². The molecule has 5 aromatic rings. The molecule has 9 rings (SSSR count). The van der Waals surface area contributed by atoms with Crippen LogP contribution >= 0.6 is 0 Å². The minimum atomic E-state index is -2.19. The topological polar surface area (TPSA) is 247 Å². The van der Waals surface area contributed by atoms with Crippen molar-refractivity contribution in [3.63, 3.8) is 0 Å². The molecule has 0 amide bonds. The number of nitrogens with zero attached hydrogens (tertiary/aromatic N) is 7. The van der Waals surface area contributed by atoms with Crippen molar-refractivity contribution in [1.82, 2.24) is 9.55 Å². The number of ether oxygens (including phenoxy) is 2. The highest BCUT2D eigenvalue weighted by Crippen LogP contribution is 2.55. The fourth-order valence-electron chi connectivity index (χ4n) is 7.67. The molecule has 18 heteroatoms. The Labute approximate surface area is 293 Å². The largest absolute Gasteiger partial charge is 0.508 e. The summed E-state index contributed by atoms with van der Waals surface area (Å²) in [5.74, 6) is -2.18. The number of cyclic esters (lactones) is 1. The molecule has 3 aromatic carbocycles. The van der Waals surface area contributed by atoms with Gasteiger partial charge in [-0.25, -0.2) is 14.6 Å². The van der Waals surface area contributed by atoms with E-state index in [1.807, 2.05) is 0 Å². The first-order valence-electron chi connectivity index (χ1n) is 15.9. The molecule has 0 saturated carbocycles. The third-order valence-electron chi connectivity index (χ3n) is 10.0. The van der Waals surface area contributed by atoms with Crippen LogP contribution in [0, 0.1) is 19.6 Å². The number of hydrogen-bond donors (Lipinski definition) is 1. The number of hydrogen-bond acceptors (Lipinski definition) is 17. The van der Waals surface area contributed by atoms with Crippen molar-refractivity contribution in [2.24, 2.45) is 25.9 Å². The number of pyridine rings is 2. The number of phenolic OH excluding ortho intramolecular Hbond substituents is 1. The molecule has 0 fully saturated rings. The van der Waals surface area contributed by atoms with E-state index in [1.54, 1.807) is 31.2 Å². The molecule has 0 saturated heterocycles. The minimum absolute atomic E-state index is 0.0229. The molecule has 3 aliphatic heterocycles. The van der Waals surface area contributed by atoms with Gasteiger partial charge in [-0.2, -0.15) is 0 Å². The summed E-state index contributed by atoms with van der Waals surface area (Å²) < 4.78 is 12.9. The lowest BCUT2D eigenvalue weighted by atomic mass is 9.85. The van der Waals surface area contributed by atoms with Crippen LogP contribution in [0.5, 0.6) is 5.75 Å². The zero-order valence-corrected chi connectivity index (χ0v) is 27.0. The summed E-state index contributed by atoms with van der Waals surface area (Å²) >= 11 is 0. The molecule has 0 radical (unpaired) electrons. The number of oxime groups is 1. The highest BCUT2D eigenvalue weighted by atomic mass is 16.7. The van der Waals surface area contributed by atoms with Gasteiger partial charge in [0.15, 0.2) is 0 Å². The average molecular weight is 714 g/mol. The minimum Gasteiger partial charge on any atom is -0.508 e. The average Bonchev–Trinajstić information content (AvgIpc) is 3.71. The molecule has 260 valence electrons. The van der Waals surface area contributed by atoms with Crippen molar-refractivity contribution >= 4 is 51.3 Å². The van der Waals surface area contributed by atoms with Crippen molar-refractivity contribution in [1.29, 1.82) is 0 Å². The highest BCUT2D eigenvalue weighted by molar-refractivity contribution is 6.29. The number of aromatic nitrogens is 2. The molecule has 0 unspecified atom stereocenters. The summed E-state index contributed by atoms with van der Waals surface area (Å²) in [6.07, 6.45) is -2.09. The second kappa shape index (κ2) is 11.1. The first kappa shape index (κ1) is 31.6. The van der Waals surface area contributed by atoms with Crippen LogP contribution in [0.1, 0.15) is 52.8 Å². The zero-order valence-electron chi connectivity index (χ0n) is 27.0. The Hall–Kier alpha value is -7.37. The monoisotopic (exact) mass is 713 g/mol. The van der Waals surface area contributed by atoms with Gasteiger partial charge in [-0.3, -0.25) is 4.79 Å². The third-order valence-corrected chi connectivity index (χ3v) is 10.0. The highest BCUT2D eigenvalue weighted by Gasteiger charge is 2.53. The van der Waals surface area contributed by atoms with E-state index >= 15 is 0 Å². The first-order chi connectivity index (χ1) is 25.7. The SMILES string of the molecule is CC[C@@]1(OC(=O)[C@@H]2ON=C3c4cc(N=O)cc(N=O)c4-c4c(N=O)cc(N=O)c2c43)C(=O)OCc2c1cc1n(c2=O)Cc2cc3cc(O)ccc3nc2-1. The van der Waals surface area contributed by atoms with Crippen molar-refractivity contribution in [3.8, 4) is 28.3 Å². The van der Waals surface area contributed by atoms with Gasteiger partial charge in [-0.05, 0) is 75.7 Å². The van der Waals surface area contributed by atoms with Gasteiger partial charge in [-0.15, -0.1) is 19.6 Å². The van der Waals surface area contributed by atoms with E-state index in [4.69, 9.17) is 19.3 Å². The number of fused-ring (bicyclic) bond motifs is 8. The smallest absolute Gasteiger partial charge is 0.356 e. The van der Waals surface area contributed by atoms with E-state index in [0.29, 0.717) is 27.9 Å². The van der Waals surface area contributed by atoms with Crippen molar-refractivity contribution in [2.75, 3.05) is 0 Å². The van der Waals surface area contributed by atoms with Gasteiger partial charge < -0.3 is 24.0 Å². The van der Waals surface area contributed by atoms with Crippen molar-refractivity contribution in [2.45, 2.75) is 38.2 Å². The Balaban J connectivity index is 1.18. The Morgan fingerprint density at radius 1 is 0.962 bits per heavy atom. The molecule has 0 spiro atoms. The van der Waals surface area contributed by atoms with Crippen LogP contribution < -0.4 is 5.56 Å². The van der Waals surface area contributed by atoms with Gasteiger partial charge >= 0.3 is 11.9 Å². The molecule has 4 aliphatic rings. The molecule has 18 nitrogen and oxygen atoms in total. The number of benzene rings is 3. The molecule has 1 aliphatic carbocycles. The van der Waals surface area contributed by atoms with Gasteiger partial charge in [0.2, 0.25) is 5.60 Å². The van der Waals surface area contributed by atoms with Crippen LogP contribution in [0.3, 0.4) is 0 Å². The molecule has 1 N–H and O–H groups in total. The molecular formula is C35H19N7O11. The molecule has 2 atom stereocenters. The maximum Gasteiger partial charge on any atom is 0.356 e. The van der Waals surface area contributed by atoms with Crippen LogP contribution in [0.2, 0.25) is 0 Å². The van der Waals surface area contributed by atoms with Crippen molar-refractivity contribution < 1.29 is 29.0 Å². The summed E-state index contributed by atoms with van der Waals surface area (Å²) in [7, 11) is 0. The van der Waals surface area contributed by atoms with Gasteiger partial charge in [-0.1, -0.05) is 12.1 Å². The number of carbonyl (C=O) groups excluding carboxylic acids is 2. The van der Waals surface area contributed by atoms with Crippen LogP contribution in [0.25, 0.3) is 33.4 Å². The summed E-state index contributed by atoms with van der Waals surface area (Å²) in [5.41, 5.74) is -2.15. The summed E-state index contributed by atoms with van der Waals surface area (Å²) in [5, 5.41) is 26.5. The zero-order chi connectivity index (χ0) is 36.9. The van der Waals surface area contributed by atoms with E-state index in [2.05, 4.69) is 25.9 Å². The molecule has 2 aromatic heterocycles. The number of carbonyl (C=O) groups is 2. The van der Waals surface area contributed by atoms with E-state index in [1.165, 1.54) is 16.7 Å². The summed E-state index contributed by atoms with van der Waals surface area (Å²) in [6, 6.07) is 11.3. The number of esters is 2. The Morgan fingerprint density at radius 2 is 1.74 bits per heavy atom. The number of aromatic hydroxyl groups is 1. The van der Waals surface area contributed by atoms with Crippen LogP contribution in [0.15, 0.2) is 79.2 Å². The maximum absolute atomic E-state index is 14.3. The first-order valence-corrected chi connectivity index (χ1v) is 15.9. The molecule has 0 bridgehead atoms. The van der Waals surface area contributed by atoms with E-state index in [-0.39, 0.29) is 80.4 Å². The Morgan fingerprint density at radius 3 is 2.47 bits per heavy atom. The molecular weight excluding hydrogens is 694 g/mol.